The Morgan fingerprint density at radius 3 is 1.82 bits per heavy atom. The monoisotopic (exact) mass is 678 g/mol. The molecule has 3 rings (SSSR count). The highest BCUT2D eigenvalue weighted by molar-refractivity contribution is 5.85. The van der Waals surface area contributed by atoms with Crippen LogP contribution in [-0.2, 0) is 44.7 Å². The fourth-order valence-corrected chi connectivity index (χ4v) is 5.45. The van der Waals surface area contributed by atoms with E-state index in [-0.39, 0.29) is 19.6 Å². The summed E-state index contributed by atoms with van der Waals surface area (Å²) in [4.78, 5) is 46.9. The van der Waals surface area contributed by atoms with Gasteiger partial charge in [0.25, 0.3) is 0 Å². The molecule has 1 aliphatic rings. The standard InChI is InChI=1S/C39H50O10/c1-30(40)48-38(3,49-31(2)41)37(44)46-28-16-11-9-7-5-4-6-8-10-15-27-45-35-21-19-32(20-22-35)29-47-39(36(42)43)25-23-34(24-26-39)33-17-13-12-14-18-33/h12-14,17-25H,4-11,15-16,26-29H2,1-3H3,(H,42,43). The first-order chi connectivity index (χ1) is 23.5. The van der Waals surface area contributed by atoms with Crippen molar-refractivity contribution in [3.63, 3.8) is 0 Å². The van der Waals surface area contributed by atoms with Crippen molar-refractivity contribution < 1.29 is 48.0 Å². The first-order valence-electron chi connectivity index (χ1n) is 17.1. The predicted molar refractivity (Wildman–Crippen MR) is 184 cm³/mol. The maximum atomic E-state index is 12.2. The zero-order chi connectivity index (χ0) is 35.5. The number of allylic oxidation sites excluding steroid dienone is 2. The smallest absolute Gasteiger partial charge is 0.392 e. The minimum atomic E-state index is -2.07. The van der Waals surface area contributed by atoms with Gasteiger partial charge in [0.2, 0.25) is 0 Å². The normalized spacial score (nSPS) is 15.6. The Morgan fingerprint density at radius 1 is 0.755 bits per heavy atom. The number of benzene rings is 2. The second-order valence-corrected chi connectivity index (χ2v) is 12.3. The SMILES string of the molecule is CC(=O)OC(C)(OC(C)=O)C(=O)OCCCCCCCCCCCCOc1ccc(COC2(C(=O)O)C=CC(c3ccccc3)=CC2)cc1. The third-order valence-electron chi connectivity index (χ3n) is 8.13. The van der Waals surface area contributed by atoms with Crippen molar-refractivity contribution in [3.8, 4) is 5.75 Å². The lowest BCUT2D eigenvalue weighted by Crippen LogP contribution is -2.45. The highest BCUT2D eigenvalue weighted by Crippen LogP contribution is 2.31. The van der Waals surface area contributed by atoms with Crippen molar-refractivity contribution in [3.05, 3.63) is 84.0 Å². The van der Waals surface area contributed by atoms with Crippen LogP contribution >= 0.6 is 0 Å². The van der Waals surface area contributed by atoms with Gasteiger partial charge in [0.1, 0.15) is 5.75 Å². The number of unbranched alkanes of at least 4 members (excludes halogenated alkanes) is 9. The zero-order valence-electron chi connectivity index (χ0n) is 28.9. The minimum Gasteiger partial charge on any atom is -0.494 e. The summed E-state index contributed by atoms with van der Waals surface area (Å²) in [5, 5.41) is 9.93. The van der Waals surface area contributed by atoms with Crippen LogP contribution in [0.5, 0.6) is 5.75 Å². The van der Waals surface area contributed by atoms with E-state index in [4.69, 9.17) is 23.7 Å². The molecule has 0 bridgehead atoms. The van der Waals surface area contributed by atoms with E-state index in [0.29, 0.717) is 13.0 Å². The summed E-state index contributed by atoms with van der Waals surface area (Å²) < 4.78 is 26.7. The van der Waals surface area contributed by atoms with Crippen LogP contribution in [0.4, 0.5) is 0 Å². The summed E-state index contributed by atoms with van der Waals surface area (Å²) in [5.74, 6) is -4.69. The topological polar surface area (TPSA) is 135 Å². The van der Waals surface area contributed by atoms with E-state index in [0.717, 1.165) is 81.2 Å². The fraction of sp³-hybridized carbons (Fsp3) is 0.487. The van der Waals surface area contributed by atoms with Crippen molar-refractivity contribution in [2.24, 2.45) is 0 Å². The Balaban J connectivity index is 1.20. The highest BCUT2D eigenvalue weighted by Gasteiger charge is 2.42. The van der Waals surface area contributed by atoms with Gasteiger partial charge < -0.3 is 28.8 Å². The van der Waals surface area contributed by atoms with Gasteiger partial charge in [-0.2, -0.15) is 0 Å². The van der Waals surface area contributed by atoms with Crippen molar-refractivity contribution in [2.45, 2.75) is 109 Å². The molecule has 0 amide bonds. The molecular formula is C39H50O10. The Morgan fingerprint density at radius 2 is 1.31 bits per heavy atom. The Hall–Kier alpha value is -4.44. The molecule has 0 aromatic heterocycles. The molecule has 0 heterocycles. The molecular weight excluding hydrogens is 628 g/mol. The third-order valence-corrected chi connectivity index (χ3v) is 8.13. The second-order valence-electron chi connectivity index (χ2n) is 12.3. The van der Waals surface area contributed by atoms with E-state index < -0.39 is 35.3 Å². The molecule has 49 heavy (non-hydrogen) atoms. The van der Waals surface area contributed by atoms with Gasteiger partial charge in [0.15, 0.2) is 5.60 Å². The average Bonchev–Trinajstić information content (AvgIpc) is 3.07. The van der Waals surface area contributed by atoms with Crippen molar-refractivity contribution in [2.75, 3.05) is 13.2 Å². The van der Waals surface area contributed by atoms with E-state index in [9.17, 15) is 24.3 Å². The fourth-order valence-electron chi connectivity index (χ4n) is 5.45. The van der Waals surface area contributed by atoms with E-state index in [2.05, 4.69) is 0 Å². The molecule has 0 saturated carbocycles. The molecule has 0 radical (unpaired) electrons. The average molecular weight is 679 g/mol. The van der Waals surface area contributed by atoms with E-state index in [1.54, 1.807) is 6.08 Å². The number of rotatable bonds is 22. The Kier molecular flexibility index (Phi) is 16.0. The molecule has 0 aliphatic heterocycles. The van der Waals surface area contributed by atoms with Gasteiger partial charge in [-0.05, 0) is 47.8 Å². The Labute approximate surface area is 289 Å². The summed E-state index contributed by atoms with van der Waals surface area (Å²) in [6.07, 6.45) is 16.1. The summed E-state index contributed by atoms with van der Waals surface area (Å²) >= 11 is 0. The summed E-state index contributed by atoms with van der Waals surface area (Å²) in [5.41, 5.74) is 1.52. The molecule has 2 aromatic carbocycles. The zero-order valence-corrected chi connectivity index (χ0v) is 28.9. The maximum Gasteiger partial charge on any atom is 0.392 e. The van der Waals surface area contributed by atoms with Crippen LogP contribution < -0.4 is 4.74 Å². The van der Waals surface area contributed by atoms with E-state index >= 15 is 0 Å². The van der Waals surface area contributed by atoms with Crippen LogP contribution in [0.1, 0.15) is 103 Å². The van der Waals surface area contributed by atoms with Crippen molar-refractivity contribution in [1.29, 1.82) is 0 Å². The Bertz CT molecular complexity index is 1400. The number of aliphatic carboxylic acids is 1. The summed E-state index contributed by atoms with van der Waals surface area (Å²) in [6, 6.07) is 17.5. The van der Waals surface area contributed by atoms with Crippen LogP contribution in [0.15, 0.2) is 72.8 Å². The molecule has 10 heteroatoms. The number of esters is 3. The van der Waals surface area contributed by atoms with Gasteiger partial charge in [0.05, 0.1) is 19.8 Å². The summed E-state index contributed by atoms with van der Waals surface area (Å²) in [6.45, 7) is 4.43. The molecule has 1 aliphatic carbocycles. The van der Waals surface area contributed by atoms with Gasteiger partial charge in [-0.15, -0.1) is 0 Å². The van der Waals surface area contributed by atoms with Gasteiger partial charge in [-0.1, -0.05) is 106 Å². The number of carbonyl (C=O) groups is 4. The molecule has 1 atom stereocenters. The number of hydrogen-bond acceptors (Lipinski definition) is 9. The van der Waals surface area contributed by atoms with Gasteiger partial charge in [-0.25, -0.2) is 9.59 Å². The number of carboxylic acid groups (broad SMARTS) is 1. The largest absolute Gasteiger partial charge is 0.494 e. The maximum absolute atomic E-state index is 12.2. The number of carbonyl (C=O) groups excluding carboxylic acids is 3. The van der Waals surface area contributed by atoms with Gasteiger partial charge >= 0.3 is 29.7 Å². The highest BCUT2D eigenvalue weighted by atomic mass is 16.8. The van der Waals surface area contributed by atoms with Crippen molar-refractivity contribution >= 4 is 29.5 Å². The molecule has 1 N–H and O–H groups in total. The van der Waals surface area contributed by atoms with E-state index in [1.807, 2.05) is 66.7 Å². The van der Waals surface area contributed by atoms with Crippen LogP contribution in [0.25, 0.3) is 5.57 Å². The lowest BCUT2D eigenvalue weighted by atomic mass is 9.89. The predicted octanol–water partition coefficient (Wildman–Crippen LogP) is 7.74. The number of hydrogen-bond donors (Lipinski definition) is 1. The molecule has 0 spiro atoms. The first-order valence-corrected chi connectivity index (χ1v) is 17.1. The number of ether oxygens (including phenoxy) is 5. The van der Waals surface area contributed by atoms with Crippen molar-refractivity contribution in [1.82, 2.24) is 0 Å². The molecule has 2 aromatic rings. The third kappa shape index (κ3) is 13.5. The van der Waals surface area contributed by atoms with Gasteiger partial charge in [-0.3, -0.25) is 9.59 Å². The molecule has 0 saturated heterocycles. The molecule has 10 nitrogen and oxygen atoms in total. The quantitative estimate of drug-likeness (QED) is 0.0749. The van der Waals surface area contributed by atoms with Crippen LogP contribution in [0, 0.1) is 0 Å². The number of carboxylic acids is 1. The van der Waals surface area contributed by atoms with Crippen LogP contribution in [-0.4, -0.2) is 53.6 Å². The lowest BCUT2D eigenvalue weighted by molar-refractivity contribution is -0.232. The first kappa shape index (κ1) is 39.0. The molecule has 266 valence electrons. The lowest BCUT2D eigenvalue weighted by Gasteiger charge is -2.28. The van der Waals surface area contributed by atoms with E-state index in [1.165, 1.54) is 19.8 Å². The summed E-state index contributed by atoms with van der Waals surface area (Å²) in [7, 11) is 0. The van der Waals surface area contributed by atoms with Crippen LogP contribution in [0.3, 0.4) is 0 Å². The minimum absolute atomic E-state index is 0.164. The second kappa shape index (κ2) is 20.2. The van der Waals surface area contributed by atoms with Gasteiger partial charge in [0, 0.05) is 27.2 Å². The van der Waals surface area contributed by atoms with Crippen LogP contribution in [0.2, 0.25) is 0 Å². The molecule has 0 fully saturated rings. The molecule has 1 unspecified atom stereocenters.